The van der Waals surface area contributed by atoms with Crippen LogP contribution in [0.1, 0.15) is 6.42 Å². The number of hydrazine groups is 1. The minimum absolute atomic E-state index is 0.162. The highest BCUT2D eigenvalue weighted by Gasteiger charge is 2.62. The van der Waals surface area contributed by atoms with E-state index in [4.69, 9.17) is 21.8 Å². The first-order valence-corrected chi connectivity index (χ1v) is 8.31. The van der Waals surface area contributed by atoms with Crippen molar-refractivity contribution in [3.8, 4) is 0 Å². The Morgan fingerprint density at radius 2 is 1.79 bits per heavy atom. The fraction of sp³-hybridized carbons (Fsp3) is 0.500. The van der Waals surface area contributed by atoms with Crippen LogP contribution in [0.15, 0.2) is 0 Å². The van der Waals surface area contributed by atoms with Gasteiger partial charge in [0, 0.05) is 18.6 Å². The molecule has 2 fully saturated rings. The molecule has 2 aliphatic rings. The largest absolute Gasteiger partial charge is 0.463 e. The van der Waals surface area contributed by atoms with E-state index in [2.05, 4.69) is 9.97 Å². The Balaban J connectivity index is 2.04. The van der Waals surface area contributed by atoms with E-state index in [1.807, 2.05) is 19.0 Å². The average Bonchev–Trinajstić information content (AvgIpc) is 3.15. The summed E-state index contributed by atoms with van der Waals surface area (Å²) in [7, 11) is 3.78. The van der Waals surface area contributed by atoms with Gasteiger partial charge in [-0.25, -0.2) is 14.4 Å². The number of rotatable bonds is 3. The van der Waals surface area contributed by atoms with Crippen LogP contribution in [0.5, 0.6) is 0 Å². The number of carboxylic acid groups (broad SMARTS) is 3. The van der Waals surface area contributed by atoms with Gasteiger partial charge in [0.1, 0.15) is 0 Å². The molecule has 14 heteroatoms. The first kappa shape index (κ1) is 19.8. The first-order valence-electron chi connectivity index (χ1n) is 7.94. The topological polar surface area (TPSA) is 151 Å². The monoisotopic (exact) mass is 418 g/mol. The molecule has 28 heavy (non-hydrogen) atoms. The highest BCUT2D eigenvalue weighted by Crippen LogP contribution is 2.53. The molecule has 2 heterocycles. The molecule has 1 aromatic rings. The van der Waals surface area contributed by atoms with Gasteiger partial charge >= 0.3 is 18.3 Å². The Kier molecular flexibility index (Phi) is 4.67. The molecular weight excluding hydrogens is 403 g/mol. The Labute approximate surface area is 162 Å². The summed E-state index contributed by atoms with van der Waals surface area (Å²) in [6.45, 7) is 0.819. The van der Waals surface area contributed by atoms with Crippen LogP contribution in [0.3, 0.4) is 0 Å². The summed E-state index contributed by atoms with van der Waals surface area (Å²) in [6, 6.07) is 0. The van der Waals surface area contributed by atoms with E-state index in [0.29, 0.717) is 13.1 Å². The lowest BCUT2D eigenvalue weighted by Gasteiger charge is -2.28. The number of hydrogen-bond donors (Lipinski definition) is 3. The number of anilines is 2. The number of imide groups is 1. The molecule has 0 bridgehead atoms. The summed E-state index contributed by atoms with van der Waals surface area (Å²) < 4.78 is 15.1. The highest BCUT2D eigenvalue weighted by atomic mass is 35.5. The lowest BCUT2D eigenvalue weighted by atomic mass is 10.2. The van der Waals surface area contributed by atoms with E-state index >= 15 is 4.39 Å². The van der Waals surface area contributed by atoms with Crippen LogP contribution >= 0.6 is 11.6 Å². The first-order chi connectivity index (χ1) is 13.0. The molecule has 1 saturated heterocycles. The van der Waals surface area contributed by atoms with Crippen molar-refractivity contribution in [2.45, 2.75) is 12.0 Å². The molecular formula is C14H16ClFN6O6. The van der Waals surface area contributed by atoms with Crippen LogP contribution in [0.25, 0.3) is 0 Å². The SMILES string of the molecule is CN(C)C12CC1CN(c1nc(Cl)nc(N(C(=O)O)N(C(=O)O)C(=O)O)c1F)C2. The molecule has 3 rings (SSSR count). The number of likely N-dealkylation sites (N-methyl/N-ethyl adjacent to an activating group) is 1. The number of halogens is 2. The van der Waals surface area contributed by atoms with E-state index in [-0.39, 0.29) is 22.3 Å². The predicted molar refractivity (Wildman–Crippen MR) is 92.1 cm³/mol. The molecule has 0 radical (unpaired) electrons. The van der Waals surface area contributed by atoms with Gasteiger partial charge in [-0.05, 0) is 38.0 Å². The lowest BCUT2D eigenvalue weighted by Crippen LogP contribution is -2.52. The quantitative estimate of drug-likeness (QED) is 0.486. The van der Waals surface area contributed by atoms with Gasteiger partial charge in [0.25, 0.3) is 0 Å². The van der Waals surface area contributed by atoms with Gasteiger partial charge in [0.05, 0.1) is 0 Å². The zero-order valence-electron chi connectivity index (χ0n) is 14.7. The molecule has 0 aromatic carbocycles. The van der Waals surface area contributed by atoms with E-state index in [0.717, 1.165) is 6.42 Å². The molecule has 1 aliphatic carbocycles. The smallest absolute Gasteiger partial charge is 0.437 e. The summed E-state index contributed by atoms with van der Waals surface area (Å²) >= 11 is 5.80. The summed E-state index contributed by atoms with van der Waals surface area (Å²) in [5.41, 5.74) is -0.162. The van der Waals surface area contributed by atoms with Crippen molar-refractivity contribution in [3.05, 3.63) is 11.1 Å². The van der Waals surface area contributed by atoms with Crippen molar-refractivity contribution >= 4 is 41.5 Å². The van der Waals surface area contributed by atoms with Crippen LogP contribution in [0, 0.1) is 11.7 Å². The fourth-order valence-corrected chi connectivity index (χ4v) is 3.74. The Morgan fingerprint density at radius 3 is 2.25 bits per heavy atom. The molecule has 3 N–H and O–H groups in total. The molecule has 0 spiro atoms. The number of fused-ring (bicyclic) bond motifs is 1. The lowest BCUT2D eigenvalue weighted by molar-refractivity contribution is 0.112. The van der Waals surface area contributed by atoms with Crippen molar-refractivity contribution in [1.29, 1.82) is 0 Å². The minimum atomic E-state index is -2.17. The van der Waals surface area contributed by atoms with Gasteiger partial charge < -0.3 is 25.1 Å². The summed E-state index contributed by atoms with van der Waals surface area (Å²) in [6.07, 6.45) is -5.51. The van der Waals surface area contributed by atoms with Crippen molar-refractivity contribution in [3.63, 3.8) is 0 Å². The van der Waals surface area contributed by atoms with Crippen LogP contribution in [0.4, 0.5) is 30.4 Å². The second-order valence-electron chi connectivity index (χ2n) is 6.70. The van der Waals surface area contributed by atoms with Crippen molar-refractivity contribution in [2.75, 3.05) is 37.1 Å². The maximum Gasteiger partial charge on any atom is 0.437 e. The third-order valence-corrected chi connectivity index (χ3v) is 5.20. The molecule has 1 saturated carbocycles. The number of aromatic nitrogens is 2. The van der Waals surface area contributed by atoms with Crippen molar-refractivity contribution < 1.29 is 34.1 Å². The maximum absolute atomic E-state index is 15.1. The van der Waals surface area contributed by atoms with Crippen molar-refractivity contribution in [2.24, 2.45) is 5.92 Å². The Morgan fingerprint density at radius 1 is 1.18 bits per heavy atom. The van der Waals surface area contributed by atoms with Gasteiger partial charge in [0.2, 0.25) is 16.9 Å². The molecule has 1 aromatic heterocycles. The number of amides is 3. The normalized spacial score (nSPS) is 22.8. The van der Waals surface area contributed by atoms with E-state index in [1.54, 1.807) is 4.90 Å². The maximum atomic E-state index is 15.1. The summed E-state index contributed by atoms with van der Waals surface area (Å²) in [5, 5.41) is 25.8. The van der Waals surface area contributed by atoms with Gasteiger partial charge in [-0.3, -0.25) is 0 Å². The summed E-state index contributed by atoms with van der Waals surface area (Å²) in [4.78, 5) is 44.7. The van der Waals surface area contributed by atoms with Gasteiger partial charge in [-0.15, -0.1) is 10.0 Å². The van der Waals surface area contributed by atoms with E-state index in [1.165, 1.54) is 0 Å². The number of nitrogens with zero attached hydrogens (tertiary/aromatic N) is 6. The Bertz CT molecular complexity index is 857. The van der Waals surface area contributed by atoms with Crippen molar-refractivity contribution in [1.82, 2.24) is 19.9 Å². The van der Waals surface area contributed by atoms with Gasteiger partial charge in [-0.1, -0.05) is 0 Å². The predicted octanol–water partition coefficient (Wildman–Crippen LogP) is 1.47. The number of carbonyl (C=O) groups is 3. The van der Waals surface area contributed by atoms with Crippen LogP contribution in [-0.4, -0.2) is 86.2 Å². The Hall–Kier alpha value is -2.93. The average molecular weight is 419 g/mol. The highest BCUT2D eigenvalue weighted by molar-refractivity contribution is 6.28. The molecule has 2 unspecified atom stereocenters. The second-order valence-corrected chi connectivity index (χ2v) is 7.04. The fourth-order valence-electron chi connectivity index (χ4n) is 3.58. The number of hydrogen-bond acceptors (Lipinski definition) is 7. The number of piperidine rings is 1. The van der Waals surface area contributed by atoms with Crippen LogP contribution in [0.2, 0.25) is 5.28 Å². The van der Waals surface area contributed by atoms with E-state index in [9.17, 15) is 19.5 Å². The zero-order chi connectivity index (χ0) is 21.0. The van der Waals surface area contributed by atoms with Gasteiger partial charge in [0.15, 0.2) is 5.82 Å². The third kappa shape index (κ3) is 3.01. The van der Waals surface area contributed by atoms with Crippen LogP contribution in [-0.2, 0) is 0 Å². The molecule has 152 valence electrons. The minimum Gasteiger partial charge on any atom is -0.463 e. The summed E-state index contributed by atoms with van der Waals surface area (Å²) in [5.74, 6) is -2.48. The van der Waals surface area contributed by atoms with Crippen LogP contribution < -0.4 is 9.91 Å². The van der Waals surface area contributed by atoms with E-state index < -0.39 is 40.2 Å². The molecule has 12 nitrogen and oxygen atoms in total. The molecule has 2 atom stereocenters. The standard InChI is InChI=1S/C14H16ClFN6O6/c1-19(2)14-3-6(14)4-20(5-14)8-7(16)9(18-10(15)17-8)21(11(23)24)22(12(25)26)13(27)28/h6H,3-5H2,1-2H3,(H,23,24)(H,25,26)(H,27,28). The second kappa shape index (κ2) is 6.60. The third-order valence-electron chi connectivity index (χ3n) is 5.03. The molecule has 3 amide bonds. The zero-order valence-corrected chi connectivity index (χ0v) is 15.5. The molecule has 1 aliphatic heterocycles. The van der Waals surface area contributed by atoms with Gasteiger partial charge in [-0.2, -0.15) is 14.4 Å².